The van der Waals surface area contributed by atoms with Crippen LogP contribution in [0.25, 0.3) is 0 Å². The largest absolute Gasteiger partial charge is 0.507 e. The van der Waals surface area contributed by atoms with Crippen LogP contribution in [0.5, 0.6) is 17.2 Å². The van der Waals surface area contributed by atoms with E-state index in [9.17, 15) is 19.8 Å². The number of aromatic hydroxyl groups is 1. The molecule has 3 aromatic rings. The van der Waals surface area contributed by atoms with E-state index in [0.29, 0.717) is 22.2 Å². The Hall–Kier alpha value is -3.71. The van der Waals surface area contributed by atoms with Gasteiger partial charge in [0.05, 0.1) is 26.7 Å². The number of halogens is 1. The van der Waals surface area contributed by atoms with Crippen molar-refractivity contribution in [3.63, 3.8) is 0 Å². The van der Waals surface area contributed by atoms with Crippen LogP contribution in [-0.4, -0.2) is 36.3 Å². The third kappa shape index (κ3) is 3.71. The smallest absolute Gasteiger partial charge is 0.339 e. The van der Waals surface area contributed by atoms with Crippen LogP contribution in [0, 0.1) is 0 Å². The molecule has 32 heavy (non-hydrogen) atoms. The van der Waals surface area contributed by atoms with Crippen molar-refractivity contribution in [1.29, 1.82) is 0 Å². The average Bonchev–Trinajstić information content (AvgIpc) is 2.78. The van der Waals surface area contributed by atoms with E-state index in [1.165, 1.54) is 37.3 Å². The highest BCUT2D eigenvalue weighted by atomic mass is 35.5. The first-order chi connectivity index (χ1) is 15.3. The van der Waals surface area contributed by atoms with E-state index in [2.05, 4.69) is 0 Å². The molecule has 0 spiro atoms. The van der Waals surface area contributed by atoms with Crippen LogP contribution in [-0.2, 0) is 11.2 Å². The van der Waals surface area contributed by atoms with Crippen molar-refractivity contribution in [2.24, 2.45) is 0 Å². The predicted octanol–water partition coefficient (Wildman–Crippen LogP) is 4.44. The second kappa shape index (κ2) is 8.43. The highest BCUT2D eigenvalue weighted by Gasteiger charge is 2.36. The number of rotatable bonds is 5. The van der Waals surface area contributed by atoms with Crippen LogP contribution in [0.15, 0.2) is 54.6 Å². The summed E-state index contributed by atoms with van der Waals surface area (Å²) < 4.78 is 10.9. The van der Waals surface area contributed by atoms with Crippen molar-refractivity contribution in [3.05, 3.63) is 81.9 Å². The van der Waals surface area contributed by atoms with Crippen molar-refractivity contribution in [2.45, 2.75) is 12.5 Å². The molecule has 1 atom stereocenters. The van der Waals surface area contributed by atoms with E-state index in [4.69, 9.17) is 21.1 Å². The molecule has 7 nitrogen and oxygen atoms in total. The summed E-state index contributed by atoms with van der Waals surface area (Å²) >= 11 is 6.08. The molecule has 2 N–H and O–H groups in total. The van der Waals surface area contributed by atoms with Gasteiger partial charge in [0.15, 0.2) is 11.5 Å². The fourth-order valence-corrected chi connectivity index (χ4v) is 4.11. The summed E-state index contributed by atoms with van der Waals surface area (Å²) in [5, 5.41) is 19.9. The van der Waals surface area contributed by atoms with E-state index < -0.39 is 12.0 Å². The van der Waals surface area contributed by atoms with Gasteiger partial charge in [0.1, 0.15) is 11.3 Å². The number of carboxylic acid groups (broad SMARTS) is 1. The van der Waals surface area contributed by atoms with E-state index in [1.807, 2.05) is 18.2 Å². The molecule has 1 aliphatic heterocycles. The molecule has 0 saturated carbocycles. The minimum absolute atomic E-state index is 0.0864. The summed E-state index contributed by atoms with van der Waals surface area (Å²) in [4.78, 5) is 26.4. The third-order valence-corrected chi connectivity index (χ3v) is 5.73. The number of methoxy groups -OCH3 is 2. The minimum atomic E-state index is -1.29. The zero-order valence-corrected chi connectivity index (χ0v) is 18.1. The van der Waals surface area contributed by atoms with Gasteiger partial charge in [-0.3, -0.25) is 4.79 Å². The van der Waals surface area contributed by atoms with E-state index in [-0.39, 0.29) is 23.6 Å². The number of phenols is 1. The fourth-order valence-electron chi connectivity index (χ4n) is 3.99. The Balaban J connectivity index is 1.96. The zero-order valence-electron chi connectivity index (χ0n) is 17.3. The van der Waals surface area contributed by atoms with Gasteiger partial charge >= 0.3 is 5.97 Å². The summed E-state index contributed by atoms with van der Waals surface area (Å²) in [6, 6.07) is 14.2. The van der Waals surface area contributed by atoms with Crippen LogP contribution in [0.1, 0.15) is 33.1 Å². The summed E-state index contributed by atoms with van der Waals surface area (Å²) in [6.45, 7) is 0. The molecule has 1 aliphatic rings. The lowest BCUT2D eigenvalue weighted by Gasteiger charge is -2.38. The number of anilines is 1. The summed E-state index contributed by atoms with van der Waals surface area (Å²) in [6.07, 6.45) is 0.0864. The second-order valence-corrected chi connectivity index (χ2v) is 7.74. The molecule has 3 aromatic carbocycles. The van der Waals surface area contributed by atoms with Gasteiger partial charge in [-0.1, -0.05) is 23.7 Å². The van der Waals surface area contributed by atoms with Crippen molar-refractivity contribution in [3.8, 4) is 17.2 Å². The second-order valence-electron chi connectivity index (χ2n) is 7.31. The SMILES string of the molecule is COc1cc2c(cc1OC)C(c1ccc(Cl)cc1)N(c1ccc(O)c(C(=O)O)c1)C(=O)C2. The third-order valence-electron chi connectivity index (χ3n) is 5.48. The molecule has 0 bridgehead atoms. The number of carbonyl (C=O) groups is 2. The average molecular weight is 454 g/mol. The molecular weight excluding hydrogens is 434 g/mol. The Morgan fingerprint density at radius 3 is 2.31 bits per heavy atom. The first kappa shape index (κ1) is 21.5. The van der Waals surface area contributed by atoms with Crippen molar-refractivity contribution in [1.82, 2.24) is 0 Å². The maximum atomic E-state index is 13.3. The molecule has 0 aliphatic carbocycles. The van der Waals surface area contributed by atoms with Crippen molar-refractivity contribution in [2.75, 3.05) is 19.1 Å². The number of hydrogen-bond acceptors (Lipinski definition) is 5. The number of fused-ring (bicyclic) bond motifs is 1. The molecule has 1 heterocycles. The molecule has 1 unspecified atom stereocenters. The quantitative estimate of drug-likeness (QED) is 0.593. The number of carbonyl (C=O) groups excluding carboxylic acids is 1. The van der Waals surface area contributed by atoms with Crippen LogP contribution in [0.3, 0.4) is 0 Å². The monoisotopic (exact) mass is 453 g/mol. The number of nitrogens with zero attached hydrogens (tertiary/aromatic N) is 1. The van der Waals surface area contributed by atoms with Gasteiger partial charge in [-0.15, -0.1) is 0 Å². The number of ether oxygens (including phenoxy) is 2. The lowest BCUT2D eigenvalue weighted by Crippen LogP contribution is -2.41. The molecule has 8 heteroatoms. The van der Waals surface area contributed by atoms with Gasteiger partial charge < -0.3 is 24.6 Å². The van der Waals surface area contributed by atoms with Gasteiger partial charge in [-0.2, -0.15) is 0 Å². The molecule has 0 fully saturated rings. The van der Waals surface area contributed by atoms with Gasteiger partial charge in [-0.25, -0.2) is 4.79 Å². The Morgan fingerprint density at radius 1 is 1.03 bits per heavy atom. The topological polar surface area (TPSA) is 96.3 Å². The van der Waals surface area contributed by atoms with Crippen molar-refractivity contribution < 1.29 is 29.3 Å². The number of benzene rings is 3. The fraction of sp³-hybridized carbons (Fsp3) is 0.167. The van der Waals surface area contributed by atoms with Crippen molar-refractivity contribution >= 4 is 29.2 Å². The van der Waals surface area contributed by atoms with Gasteiger partial charge in [0.25, 0.3) is 0 Å². The number of amides is 1. The molecule has 4 rings (SSSR count). The molecule has 164 valence electrons. The summed E-state index contributed by atoms with van der Waals surface area (Å²) in [5.41, 5.74) is 2.44. The lowest BCUT2D eigenvalue weighted by atomic mass is 9.86. The Morgan fingerprint density at radius 2 is 1.69 bits per heavy atom. The summed E-state index contributed by atoms with van der Waals surface area (Å²) in [5.74, 6) is -0.868. The number of aromatic carboxylic acids is 1. The van der Waals surface area contributed by atoms with Crippen LogP contribution >= 0.6 is 11.6 Å². The maximum absolute atomic E-state index is 13.3. The maximum Gasteiger partial charge on any atom is 0.339 e. The predicted molar refractivity (Wildman–Crippen MR) is 119 cm³/mol. The Bertz CT molecular complexity index is 1210. The standard InChI is InChI=1S/C24H20ClNO6/c1-31-20-9-14-10-22(28)26(16-7-8-19(27)18(11-16)24(29)30)23(17(14)12-21(20)32-2)13-3-5-15(25)6-4-13/h3-9,11-12,23,27H,10H2,1-2H3,(H,29,30). The van der Waals surface area contributed by atoms with Crippen LogP contribution in [0.4, 0.5) is 5.69 Å². The van der Waals surface area contributed by atoms with Crippen LogP contribution < -0.4 is 14.4 Å². The minimum Gasteiger partial charge on any atom is -0.507 e. The highest BCUT2D eigenvalue weighted by molar-refractivity contribution is 6.30. The highest BCUT2D eigenvalue weighted by Crippen LogP contribution is 2.44. The number of hydrogen-bond donors (Lipinski definition) is 2. The van der Waals surface area contributed by atoms with Gasteiger partial charge in [0.2, 0.25) is 5.91 Å². The van der Waals surface area contributed by atoms with E-state index >= 15 is 0 Å². The molecule has 0 saturated heterocycles. The molecular formula is C24H20ClNO6. The van der Waals surface area contributed by atoms with E-state index in [1.54, 1.807) is 18.2 Å². The van der Waals surface area contributed by atoms with Gasteiger partial charge in [-0.05, 0) is 59.2 Å². The lowest BCUT2D eigenvalue weighted by molar-refractivity contribution is -0.118. The zero-order chi connectivity index (χ0) is 23.0. The van der Waals surface area contributed by atoms with Gasteiger partial charge in [0, 0.05) is 10.7 Å². The Kier molecular flexibility index (Phi) is 5.67. The van der Waals surface area contributed by atoms with Crippen LogP contribution in [0.2, 0.25) is 5.02 Å². The number of carboxylic acids is 1. The molecule has 0 radical (unpaired) electrons. The first-order valence-electron chi connectivity index (χ1n) is 9.72. The molecule has 1 amide bonds. The normalized spacial score (nSPS) is 15.3. The first-order valence-corrected chi connectivity index (χ1v) is 10.1. The molecule has 0 aromatic heterocycles. The summed E-state index contributed by atoms with van der Waals surface area (Å²) in [7, 11) is 3.06. The van der Waals surface area contributed by atoms with E-state index in [0.717, 1.165) is 16.7 Å². The Labute approximate surface area is 189 Å².